The fraction of sp³-hybridized carbons (Fsp3) is 0.308. The molecule has 31 heavy (non-hydrogen) atoms. The van der Waals surface area contributed by atoms with E-state index in [0.29, 0.717) is 6.04 Å². The maximum Gasteiger partial charge on any atom is 0.0602 e. The van der Waals surface area contributed by atoms with Crippen molar-refractivity contribution in [2.24, 2.45) is 0 Å². The second-order valence-corrected chi connectivity index (χ2v) is 7.97. The lowest BCUT2D eigenvalue weighted by Gasteiger charge is -2.39. The first-order valence-corrected chi connectivity index (χ1v) is 11.0. The summed E-state index contributed by atoms with van der Waals surface area (Å²) in [6.45, 7) is 6.48. The molecule has 0 radical (unpaired) electrons. The summed E-state index contributed by atoms with van der Waals surface area (Å²) in [5, 5.41) is 3.46. The Morgan fingerprint density at radius 1 is 0.742 bits per heavy atom. The van der Waals surface area contributed by atoms with Crippen LogP contribution in [-0.4, -0.2) is 49.1 Å². The SMILES string of the molecule is Cl.Nc1ccccc1NCCCN1CCN(C(c2ccccc2)c2ccccc2)CC1. The van der Waals surface area contributed by atoms with E-state index in [1.54, 1.807) is 0 Å². The minimum Gasteiger partial charge on any atom is -0.397 e. The molecular weight excluding hydrogens is 404 g/mol. The highest BCUT2D eigenvalue weighted by atomic mass is 35.5. The van der Waals surface area contributed by atoms with Gasteiger partial charge in [-0.3, -0.25) is 4.90 Å². The first kappa shape index (κ1) is 23.1. The number of rotatable bonds is 8. The zero-order valence-corrected chi connectivity index (χ0v) is 18.8. The largest absolute Gasteiger partial charge is 0.397 e. The third-order valence-corrected chi connectivity index (χ3v) is 5.93. The van der Waals surface area contributed by atoms with Gasteiger partial charge in [0.15, 0.2) is 0 Å². The number of nitrogens with zero attached hydrogens (tertiary/aromatic N) is 2. The molecule has 5 heteroatoms. The first-order chi connectivity index (χ1) is 14.8. The molecule has 0 unspecified atom stereocenters. The lowest BCUT2D eigenvalue weighted by Crippen LogP contribution is -2.48. The van der Waals surface area contributed by atoms with Gasteiger partial charge in [-0.25, -0.2) is 0 Å². The first-order valence-electron chi connectivity index (χ1n) is 11.0. The van der Waals surface area contributed by atoms with Crippen molar-refractivity contribution >= 4 is 23.8 Å². The molecule has 1 saturated heterocycles. The van der Waals surface area contributed by atoms with Crippen molar-refractivity contribution in [1.29, 1.82) is 0 Å². The van der Waals surface area contributed by atoms with Crippen LogP contribution in [0.5, 0.6) is 0 Å². The lowest BCUT2D eigenvalue weighted by atomic mass is 9.96. The molecule has 1 fully saturated rings. The van der Waals surface area contributed by atoms with E-state index in [4.69, 9.17) is 5.73 Å². The van der Waals surface area contributed by atoms with E-state index in [2.05, 4.69) is 75.8 Å². The monoisotopic (exact) mass is 436 g/mol. The standard InChI is InChI=1S/C26H32N4.ClH/c27-24-14-7-8-15-25(24)28-16-9-17-29-18-20-30(21-19-29)26(22-10-3-1-4-11-22)23-12-5-2-6-13-23;/h1-8,10-15,26,28H,9,16-21,27H2;1H. The topological polar surface area (TPSA) is 44.5 Å². The Morgan fingerprint density at radius 2 is 1.29 bits per heavy atom. The molecule has 0 saturated carbocycles. The fourth-order valence-corrected chi connectivity index (χ4v) is 4.31. The quantitative estimate of drug-likeness (QED) is 0.389. The van der Waals surface area contributed by atoms with Crippen LogP contribution in [0.2, 0.25) is 0 Å². The van der Waals surface area contributed by atoms with Crippen LogP contribution in [-0.2, 0) is 0 Å². The summed E-state index contributed by atoms with van der Waals surface area (Å²) < 4.78 is 0. The molecule has 1 aliphatic rings. The normalized spacial score (nSPS) is 14.9. The molecule has 1 aliphatic heterocycles. The van der Waals surface area contributed by atoms with Crippen molar-refractivity contribution in [2.75, 3.05) is 50.3 Å². The number of piperazine rings is 1. The Hall–Kier alpha value is -2.53. The minimum absolute atomic E-state index is 0. The highest BCUT2D eigenvalue weighted by molar-refractivity contribution is 5.85. The number of nitrogen functional groups attached to an aromatic ring is 1. The Kier molecular flexibility index (Phi) is 8.77. The van der Waals surface area contributed by atoms with Crippen LogP contribution in [0.1, 0.15) is 23.6 Å². The summed E-state index contributed by atoms with van der Waals surface area (Å²) in [5.74, 6) is 0. The molecule has 4 nitrogen and oxygen atoms in total. The predicted molar refractivity (Wildman–Crippen MR) is 134 cm³/mol. The van der Waals surface area contributed by atoms with Crippen LogP contribution in [0.15, 0.2) is 84.9 Å². The third kappa shape index (κ3) is 6.23. The van der Waals surface area contributed by atoms with Crippen molar-refractivity contribution in [2.45, 2.75) is 12.5 Å². The van der Waals surface area contributed by atoms with E-state index in [1.807, 2.05) is 24.3 Å². The fourth-order valence-electron chi connectivity index (χ4n) is 4.31. The summed E-state index contributed by atoms with van der Waals surface area (Å²) >= 11 is 0. The van der Waals surface area contributed by atoms with Crippen LogP contribution in [0, 0.1) is 0 Å². The summed E-state index contributed by atoms with van der Waals surface area (Å²) in [4.78, 5) is 5.21. The summed E-state index contributed by atoms with van der Waals surface area (Å²) in [6.07, 6.45) is 1.12. The Morgan fingerprint density at radius 3 is 1.87 bits per heavy atom. The van der Waals surface area contributed by atoms with Crippen LogP contribution in [0.3, 0.4) is 0 Å². The van der Waals surface area contributed by atoms with E-state index in [1.165, 1.54) is 11.1 Å². The van der Waals surface area contributed by atoms with Gasteiger partial charge in [-0.15, -0.1) is 12.4 Å². The zero-order chi connectivity index (χ0) is 20.6. The van der Waals surface area contributed by atoms with E-state index < -0.39 is 0 Å². The van der Waals surface area contributed by atoms with Gasteiger partial charge in [0.25, 0.3) is 0 Å². The van der Waals surface area contributed by atoms with Gasteiger partial charge in [0.1, 0.15) is 0 Å². The van der Waals surface area contributed by atoms with Gasteiger partial charge in [0.05, 0.1) is 17.4 Å². The Balaban J connectivity index is 0.00000272. The zero-order valence-electron chi connectivity index (χ0n) is 18.0. The molecule has 0 aromatic heterocycles. The molecule has 0 amide bonds. The molecule has 3 aromatic carbocycles. The van der Waals surface area contributed by atoms with Gasteiger partial charge in [-0.2, -0.15) is 0 Å². The summed E-state index contributed by atoms with van der Waals surface area (Å²) in [7, 11) is 0. The van der Waals surface area contributed by atoms with Gasteiger partial charge in [-0.1, -0.05) is 72.8 Å². The van der Waals surface area contributed by atoms with Crippen molar-refractivity contribution in [3.63, 3.8) is 0 Å². The van der Waals surface area contributed by atoms with Crippen LogP contribution >= 0.6 is 12.4 Å². The predicted octanol–water partition coefficient (Wildman–Crippen LogP) is 4.90. The number of nitrogens with two attached hydrogens (primary N) is 1. The van der Waals surface area contributed by atoms with Crippen molar-refractivity contribution in [1.82, 2.24) is 9.80 Å². The number of nitrogens with one attached hydrogen (secondary N) is 1. The maximum atomic E-state index is 6.01. The smallest absolute Gasteiger partial charge is 0.0602 e. The summed E-state index contributed by atoms with van der Waals surface area (Å²) in [5.41, 5.74) is 10.6. The highest BCUT2D eigenvalue weighted by Crippen LogP contribution is 2.29. The number of hydrogen-bond donors (Lipinski definition) is 2. The molecular formula is C26H33ClN4. The van der Waals surface area contributed by atoms with Gasteiger partial charge in [0.2, 0.25) is 0 Å². The van der Waals surface area contributed by atoms with Crippen molar-refractivity contribution in [3.8, 4) is 0 Å². The molecule has 0 spiro atoms. The third-order valence-electron chi connectivity index (χ3n) is 5.93. The van der Waals surface area contributed by atoms with Crippen molar-refractivity contribution in [3.05, 3.63) is 96.1 Å². The number of anilines is 2. The minimum atomic E-state index is 0. The van der Waals surface area contributed by atoms with Gasteiger partial charge >= 0.3 is 0 Å². The number of benzene rings is 3. The molecule has 0 atom stereocenters. The molecule has 3 aromatic rings. The summed E-state index contributed by atoms with van der Waals surface area (Å²) in [6, 6.07) is 30.1. The lowest BCUT2D eigenvalue weighted by molar-refractivity contribution is 0.109. The average Bonchev–Trinajstić information content (AvgIpc) is 2.80. The number of halogens is 1. The van der Waals surface area contributed by atoms with Crippen LogP contribution in [0.4, 0.5) is 11.4 Å². The van der Waals surface area contributed by atoms with E-state index in [-0.39, 0.29) is 12.4 Å². The molecule has 164 valence electrons. The maximum absolute atomic E-state index is 6.01. The second kappa shape index (κ2) is 11.8. The van der Waals surface area contributed by atoms with Gasteiger partial charge < -0.3 is 16.0 Å². The second-order valence-electron chi connectivity index (χ2n) is 7.97. The van der Waals surface area contributed by atoms with Gasteiger partial charge in [0, 0.05) is 32.7 Å². The number of para-hydroxylation sites is 2. The van der Waals surface area contributed by atoms with Crippen LogP contribution in [0.25, 0.3) is 0 Å². The highest BCUT2D eigenvalue weighted by Gasteiger charge is 2.26. The Bertz CT molecular complexity index is 856. The molecule has 4 rings (SSSR count). The number of hydrogen-bond acceptors (Lipinski definition) is 4. The average molecular weight is 437 g/mol. The van der Waals surface area contributed by atoms with E-state index in [9.17, 15) is 0 Å². The van der Waals surface area contributed by atoms with E-state index >= 15 is 0 Å². The molecule has 3 N–H and O–H groups in total. The Labute approximate surface area is 192 Å². The van der Waals surface area contributed by atoms with Crippen LogP contribution < -0.4 is 11.1 Å². The molecule has 1 heterocycles. The molecule has 0 bridgehead atoms. The van der Waals surface area contributed by atoms with E-state index in [0.717, 1.165) is 57.1 Å². The van der Waals surface area contributed by atoms with Gasteiger partial charge in [-0.05, 0) is 36.2 Å². The van der Waals surface area contributed by atoms with Crippen molar-refractivity contribution < 1.29 is 0 Å². The molecule has 0 aliphatic carbocycles.